The minimum atomic E-state index is -0.604. The summed E-state index contributed by atoms with van der Waals surface area (Å²) >= 11 is 5.91. The second-order valence-electron chi connectivity index (χ2n) is 5.97. The Kier molecular flexibility index (Phi) is 6.65. The van der Waals surface area contributed by atoms with E-state index in [1.165, 1.54) is 12.1 Å². The molecule has 1 aromatic carbocycles. The van der Waals surface area contributed by atoms with Crippen LogP contribution in [-0.2, 0) is 9.59 Å². The van der Waals surface area contributed by atoms with E-state index in [1.807, 2.05) is 13.0 Å². The van der Waals surface area contributed by atoms with Crippen LogP contribution in [0, 0.1) is 12.7 Å². The largest absolute Gasteiger partial charge is 0.323 e. The Morgan fingerprint density at radius 3 is 2.65 bits per heavy atom. The molecule has 0 fully saturated rings. The van der Waals surface area contributed by atoms with Crippen LogP contribution in [0.3, 0.4) is 0 Å². The molecule has 0 aliphatic carbocycles. The average Bonchev–Trinajstić information content (AvgIpc) is 2.56. The van der Waals surface area contributed by atoms with Crippen molar-refractivity contribution in [2.75, 3.05) is 24.2 Å². The summed E-state index contributed by atoms with van der Waals surface area (Å²) in [6.07, 6.45) is 1.61. The summed E-state index contributed by atoms with van der Waals surface area (Å²) in [5.41, 5.74) is 1.29. The highest BCUT2D eigenvalue weighted by molar-refractivity contribution is 6.33. The van der Waals surface area contributed by atoms with Gasteiger partial charge in [0, 0.05) is 6.20 Å². The number of nitrogens with zero attached hydrogens (tertiary/aromatic N) is 2. The molecule has 0 aliphatic rings. The third-order valence-electron chi connectivity index (χ3n) is 3.81. The molecule has 1 aromatic heterocycles. The number of rotatable bonds is 6. The highest BCUT2D eigenvalue weighted by Gasteiger charge is 2.21. The van der Waals surface area contributed by atoms with Gasteiger partial charge in [-0.25, -0.2) is 9.37 Å². The van der Waals surface area contributed by atoms with Gasteiger partial charge in [-0.3, -0.25) is 14.5 Å². The number of hydrogen-bond donors (Lipinski definition) is 2. The van der Waals surface area contributed by atoms with Crippen LogP contribution < -0.4 is 10.6 Å². The van der Waals surface area contributed by atoms with Gasteiger partial charge in [0.2, 0.25) is 11.8 Å². The number of carbonyl (C=O) groups is 2. The first-order chi connectivity index (χ1) is 12.3. The summed E-state index contributed by atoms with van der Waals surface area (Å²) in [5.74, 6) is -0.675. The van der Waals surface area contributed by atoms with Crippen LogP contribution in [0.5, 0.6) is 0 Å². The fourth-order valence-electron chi connectivity index (χ4n) is 2.18. The van der Waals surface area contributed by atoms with Crippen LogP contribution in [0.2, 0.25) is 5.02 Å². The molecule has 1 unspecified atom stereocenters. The number of nitrogens with one attached hydrogen (secondary N) is 2. The second-order valence-corrected chi connectivity index (χ2v) is 6.38. The molecule has 2 N–H and O–H groups in total. The van der Waals surface area contributed by atoms with Gasteiger partial charge in [-0.15, -0.1) is 0 Å². The van der Waals surface area contributed by atoms with Crippen LogP contribution in [0.15, 0.2) is 36.5 Å². The van der Waals surface area contributed by atoms with Crippen LogP contribution in [0.1, 0.15) is 12.5 Å². The minimum Gasteiger partial charge on any atom is -0.323 e. The molecule has 0 saturated heterocycles. The maximum Gasteiger partial charge on any atom is 0.241 e. The Morgan fingerprint density at radius 2 is 2.00 bits per heavy atom. The third-order valence-corrected chi connectivity index (χ3v) is 4.12. The third kappa shape index (κ3) is 5.50. The van der Waals surface area contributed by atoms with E-state index in [1.54, 1.807) is 31.1 Å². The molecule has 138 valence electrons. The zero-order chi connectivity index (χ0) is 19.3. The van der Waals surface area contributed by atoms with E-state index < -0.39 is 11.9 Å². The van der Waals surface area contributed by atoms with Crippen LogP contribution in [0.4, 0.5) is 15.9 Å². The maximum atomic E-state index is 13.1. The molecule has 0 spiro atoms. The van der Waals surface area contributed by atoms with Gasteiger partial charge >= 0.3 is 0 Å². The van der Waals surface area contributed by atoms with E-state index >= 15 is 0 Å². The van der Waals surface area contributed by atoms with E-state index in [9.17, 15) is 14.0 Å². The number of hydrogen-bond acceptors (Lipinski definition) is 4. The van der Waals surface area contributed by atoms with Crippen molar-refractivity contribution in [1.29, 1.82) is 0 Å². The van der Waals surface area contributed by atoms with Crippen molar-refractivity contribution in [3.63, 3.8) is 0 Å². The fraction of sp³-hybridized carbons (Fsp3) is 0.278. The van der Waals surface area contributed by atoms with Crippen LogP contribution in [-0.4, -0.2) is 41.3 Å². The summed E-state index contributed by atoms with van der Waals surface area (Å²) in [5, 5.41) is 5.42. The van der Waals surface area contributed by atoms with Gasteiger partial charge in [0.25, 0.3) is 0 Å². The van der Waals surface area contributed by atoms with Gasteiger partial charge in [-0.2, -0.15) is 0 Å². The molecule has 2 rings (SSSR count). The summed E-state index contributed by atoms with van der Waals surface area (Å²) < 4.78 is 13.1. The number of anilines is 2. The molecule has 1 atom stereocenters. The summed E-state index contributed by atoms with van der Waals surface area (Å²) in [6, 6.07) is 6.69. The first-order valence-electron chi connectivity index (χ1n) is 7.95. The van der Waals surface area contributed by atoms with Crippen LogP contribution >= 0.6 is 11.6 Å². The highest BCUT2D eigenvalue weighted by atomic mass is 35.5. The van der Waals surface area contributed by atoms with Gasteiger partial charge in [-0.1, -0.05) is 11.6 Å². The van der Waals surface area contributed by atoms with Gasteiger partial charge in [0.15, 0.2) is 0 Å². The molecule has 6 nitrogen and oxygen atoms in total. The smallest absolute Gasteiger partial charge is 0.241 e. The Balaban J connectivity index is 1.92. The molecule has 0 saturated carbocycles. The topological polar surface area (TPSA) is 74.3 Å². The van der Waals surface area contributed by atoms with Crippen molar-refractivity contribution in [3.8, 4) is 0 Å². The normalized spacial score (nSPS) is 11.9. The second kappa shape index (κ2) is 8.73. The highest BCUT2D eigenvalue weighted by Crippen LogP contribution is 2.22. The van der Waals surface area contributed by atoms with Crippen LogP contribution in [0.25, 0.3) is 0 Å². The molecule has 2 aromatic rings. The fourth-order valence-corrected chi connectivity index (χ4v) is 2.39. The van der Waals surface area contributed by atoms with Gasteiger partial charge < -0.3 is 10.6 Å². The molecule has 8 heteroatoms. The molecule has 0 bridgehead atoms. The lowest BCUT2D eigenvalue weighted by Crippen LogP contribution is -2.43. The van der Waals surface area contributed by atoms with Crippen molar-refractivity contribution in [1.82, 2.24) is 9.88 Å². The SMILES string of the molecule is Cc1ccnc(NC(=O)CN(C)C(C)C(=O)Nc2ccc(F)cc2Cl)c1. The molecule has 26 heavy (non-hydrogen) atoms. The molecule has 1 heterocycles. The zero-order valence-corrected chi connectivity index (χ0v) is 15.5. The summed E-state index contributed by atoms with van der Waals surface area (Å²) in [6.45, 7) is 3.56. The summed E-state index contributed by atoms with van der Waals surface area (Å²) in [7, 11) is 1.65. The number of carbonyl (C=O) groups excluding carboxylic acids is 2. The predicted molar refractivity (Wildman–Crippen MR) is 99.7 cm³/mol. The van der Waals surface area contributed by atoms with Gasteiger partial charge in [0.1, 0.15) is 11.6 Å². The number of aromatic nitrogens is 1. The molecule has 0 radical (unpaired) electrons. The van der Waals surface area contributed by atoms with Crippen molar-refractivity contribution in [2.45, 2.75) is 19.9 Å². The van der Waals surface area contributed by atoms with E-state index in [0.717, 1.165) is 11.6 Å². The number of likely N-dealkylation sites (N-methyl/N-ethyl adjacent to an activating group) is 1. The van der Waals surface area contributed by atoms with E-state index in [2.05, 4.69) is 15.6 Å². The zero-order valence-electron chi connectivity index (χ0n) is 14.7. The maximum absolute atomic E-state index is 13.1. The molecular formula is C18H20ClFN4O2. The predicted octanol–water partition coefficient (Wildman–Crippen LogP) is 3.08. The minimum absolute atomic E-state index is 0.00135. The van der Waals surface area contributed by atoms with Gasteiger partial charge in [-0.05, 0) is 56.8 Å². The van der Waals surface area contributed by atoms with E-state index in [0.29, 0.717) is 11.5 Å². The quantitative estimate of drug-likeness (QED) is 0.810. The van der Waals surface area contributed by atoms with Crippen molar-refractivity contribution >= 4 is 34.9 Å². The lowest BCUT2D eigenvalue weighted by molar-refractivity contribution is -0.122. The van der Waals surface area contributed by atoms with Crippen molar-refractivity contribution < 1.29 is 14.0 Å². The number of halogens is 2. The average molecular weight is 379 g/mol. The number of aryl methyl sites for hydroxylation is 1. The number of pyridine rings is 1. The lowest BCUT2D eigenvalue weighted by atomic mass is 10.2. The molecular weight excluding hydrogens is 359 g/mol. The molecule has 0 aliphatic heterocycles. The Hall–Kier alpha value is -2.51. The number of benzene rings is 1. The van der Waals surface area contributed by atoms with E-state index in [4.69, 9.17) is 11.6 Å². The monoisotopic (exact) mass is 378 g/mol. The summed E-state index contributed by atoms with van der Waals surface area (Å²) in [4.78, 5) is 30.1. The van der Waals surface area contributed by atoms with Crippen molar-refractivity contribution in [3.05, 3.63) is 52.9 Å². The van der Waals surface area contributed by atoms with Crippen molar-refractivity contribution in [2.24, 2.45) is 0 Å². The van der Waals surface area contributed by atoms with Gasteiger partial charge in [0.05, 0.1) is 23.3 Å². The Labute approximate surface area is 156 Å². The first-order valence-corrected chi connectivity index (χ1v) is 8.32. The Morgan fingerprint density at radius 1 is 1.27 bits per heavy atom. The Bertz CT molecular complexity index is 816. The standard InChI is InChI=1S/C18H20ClFN4O2/c1-11-6-7-21-16(8-11)23-17(25)10-24(3)12(2)18(26)22-15-5-4-13(20)9-14(15)19/h4-9,12H,10H2,1-3H3,(H,22,26)(H,21,23,25). The lowest BCUT2D eigenvalue weighted by Gasteiger charge is -2.23. The number of amides is 2. The first kappa shape index (κ1) is 19.8. The molecule has 2 amide bonds. The van der Waals surface area contributed by atoms with E-state index in [-0.39, 0.29) is 23.4 Å².